The van der Waals surface area contributed by atoms with Gasteiger partial charge in [0.05, 0.1) is 25.1 Å². The lowest BCUT2D eigenvalue weighted by atomic mass is 10.0. The highest BCUT2D eigenvalue weighted by atomic mass is 16.5. The van der Waals surface area contributed by atoms with Crippen molar-refractivity contribution < 1.29 is 19.1 Å². The van der Waals surface area contributed by atoms with Gasteiger partial charge < -0.3 is 30.6 Å². The standard InChI is InChI=1S/C30H38N6O4/c1-21-10-9-13-23(16-21)26(28(38)35-14-7-8-15-35)36-17-25(32-20-36)34-27(37)24(33-29(39)30(2,3)31)19-40-18-22-11-5-4-6-12-22/h4-6,9-13,16-17,20,24,26H,7-8,14-15,18-19,31H2,1-3H3,(H,33,39)(H,34,37). The van der Waals surface area contributed by atoms with Gasteiger partial charge in [-0.05, 0) is 44.7 Å². The third kappa shape index (κ3) is 7.55. The van der Waals surface area contributed by atoms with Crippen molar-refractivity contribution in [2.45, 2.75) is 57.8 Å². The first kappa shape index (κ1) is 29.0. The Morgan fingerprint density at radius 3 is 2.48 bits per heavy atom. The number of carbonyl (C=O) groups excluding carboxylic acids is 3. The van der Waals surface area contributed by atoms with Crippen molar-refractivity contribution in [3.63, 3.8) is 0 Å². The maximum Gasteiger partial charge on any atom is 0.250 e. The second-order valence-electron chi connectivity index (χ2n) is 10.8. The van der Waals surface area contributed by atoms with Crippen molar-refractivity contribution in [3.05, 3.63) is 83.8 Å². The molecule has 10 heteroatoms. The van der Waals surface area contributed by atoms with Gasteiger partial charge in [-0.2, -0.15) is 0 Å². The molecule has 2 atom stereocenters. The highest BCUT2D eigenvalue weighted by Crippen LogP contribution is 2.25. The van der Waals surface area contributed by atoms with E-state index in [1.165, 1.54) is 0 Å². The first-order valence-electron chi connectivity index (χ1n) is 13.5. The summed E-state index contributed by atoms with van der Waals surface area (Å²) >= 11 is 0. The largest absolute Gasteiger partial charge is 0.374 e. The number of hydrogen-bond donors (Lipinski definition) is 3. The Kier molecular flexibility index (Phi) is 9.34. The summed E-state index contributed by atoms with van der Waals surface area (Å²) in [5.74, 6) is -0.750. The Balaban J connectivity index is 1.50. The van der Waals surface area contributed by atoms with E-state index >= 15 is 0 Å². The third-order valence-corrected chi connectivity index (χ3v) is 6.76. The maximum absolute atomic E-state index is 13.6. The number of aromatic nitrogens is 2. The second-order valence-corrected chi connectivity index (χ2v) is 10.8. The number of carbonyl (C=O) groups is 3. The molecular weight excluding hydrogens is 508 g/mol. The molecule has 0 radical (unpaired) electrons. The van der Waals surface area contributed by atoms with Crippen LogP contribution in [0.4, 0.5) is 5.82 Å². The fraction of sp³-hybridized carbons (Fsp3) is 0.400. The Labute approximate surface area is 234 Å². The van der Waals surface area contributed by atoms with Crippen LogP contribution in [0.25, 0.3) is 0 Å². The average molecular weight is 547 g/mol. The van der Waals surface area contributed by atoms with E-state index in [0.29, 0.717) is 0 Å². The van der Waals surface area contributed by atoms with E-state index in [1.807, 2.05) is 66.4 Å². The summed E-state index contributed by atoms with van der Waals surface area (Å²) in [6.07, 6.45) is 5.14. The number of nitrogens with zero attached hydrogens (tertiary/aromatic N) is 3. The van der Waals surface area contributed by atoms with Gasteiger partial charge in [-0.3, -0.25) is 14.4 Å². The van der Waals surface area contributed by atoms with Crippen molar-refractivity contribution in [1.29, 1.82) is 0 Å². The molecule has 3 aromatic rings. The van der Waals surface area contributed by atoms with Gasteiger partial charge in [0.2, 0.25) is 11.8 Å². The molecule has 2 heterocycles. The van der Waals surface area contributed by atoms with Crippen molar-refractivity contribution >= 4 is 23.5 Å². The number of nitrogens with one attached hydrogen (secondary N) is 2. The minimum atomic E-state index is -1.18. The molecule has 1 aromatic heterocycles. The predicted molar refractivity (Wildman–Crippen MR) is 152 cm³/mol. The van der Waals surface area contributed by atoms with Crippen LogP contribution in [-0.2, 0) is 25.7 Å². The fourth-order valence-electron chi connectivity index (χ4n) is 4.54. The molecule has 1 aliphatic rings. The molecule has 2 unspecified atom stereocenters. The topological polar surface area (TPSA) is 132 Å². The molecule has 3 amide bonds. The van der Waals surface area contributed by atoms with E-state index in [2.05, 4.69) is 15.6 Å². The number of nitrogens with two attached hydrogens (primary N) is 1. The van der Waals surface area contributed by atoms with Gasteiger partial charge in [-0.15, -0.1) is 0 Å². The second kappa shape index (κ2) is 12.9. The molecule has 1 fully saturated rings. The smallest absolute Gasteiger partial charge is 0.250 e. The number of rotatable bonds is 11. The van der Waals surface area contributed by atoms with E-state index in [0.717, 1.165) is 42.6 Å². The zero-order chi connectivity index (χ0) is 28.7. The number of hydrogen-bond acceptors (Lipinski definition) is 6. The van der Waals surface area contributed by atoms with Gasteiger partial charge in [-0.1, -0.05) is 60.2 Å². The number of benzene rings is 2. The highest BCUT2D eigenvalue weighted by molar-refractivity contribution is 5.98. The molecule has 1 saturated heterocycles. The number of likely N-dealkylation sites (tertiary alicyclic amines) is 1. The van der Waals surface area contributed by atoms with Crippen LogP contribution in [-0.4, -0.2) is 63.4 Å². The van der Waals surface area contributed by atoms with Gasteiger partial charge in [-0.25, -0.2) is 4.98 Å². The number of amides is 3. The van der Waals surface area contributed by atoms with E-state index in [1.54, 1.807) is 30.9 Å². The molecule has 10 nitrogen and oxygen atoms in total. The van der Waals surface area contributed by atoms with E-state index in [9.17, 15) is 14.4 Å². The van der Waals surface area contributed by atoms with E-state index in [-0.39, 0.29) is 24.9 Å². The fourth-order valence-corrected chi connectivity index (χ4v) is 4.54. The molecule has 2 aromatic carbocycles. The molecule has 4 N–H and O–H groups in total. The minimum absolute atomic E-state index is 0.0111. The lowest BCUT2D eigenvalue weighted by Gasteiger charge is -2.25. The summed E-state index contributed by atoms with van der Waals surface area (Å²) in [7, 11) is 0. The number of aryl methyl sites for hydroxylation is 1. The van der Waals surface area contributed by atoms with Crippen LogP contribution in [0.1, 0.15) is 49.4 Å². The summed E-state index contributed by atoms with van der Waals surface area (Å²) in [6.45, 7) is 6.76. The Morgan fingerprint density at radius 2 is 1.80 bits per heavy atom. The first-order valence-corrected chi connectivity index (χ1v) is 13.5. The zero-order valence-corrected chi connectivity index (χ0v) is 23.3. The molecule has 40 heavy (non-hydrogen) atoms. The molecule has 4 rings (SSSR count). The summed E-state index contributed by atoms with van der Waals surface area (Å²) in [5.41, 5.74) is 7.59. The van der Waals surface area contributed by atoms with Crippen molar-refractivity contribution in [3.8, 4) is 0 Å². The number of imidazole rings is 1. The summed E-state index contributed by atoms with van der Waals surface area (Å²) in [4.78, 5) is 45.7. The SMILES string of the molecule is Cc1cccc(C(C(=O)N2CCCC2)n2cnc(NC(=O)C(COCc3ccccc3)NC(=O)C(C)(C)N)c2)c1. The molecule has 0 saturated carbocycles. The first-order chi connectivity index (χ1) is 19.1. The lowest BCUT2D eigenvalue weighted by Crippen LogP contribution is -2.56. The summed E-state index contributed by atoms with van der Waals surface area (Å²) in [5, 5.41) is 5.45. The van der Waals surface area contributed by atoms with Crippen molar-refractivity contribution in [1.82, 2.24) is 19.8 Å². The summed E-state index contributed by atoms with van der Waals surface area (Å²) < 4.78 is 7.48. The maximum atomic E-state index is 13.6. The van der Waals surface area contributed by atoms with Gasteiger partial charge >= 0.3 is 0 Å². The Morgan fingerprint density at radius 1 is 1.07 bits per heavy atom. The van der Waals surface area contributed by atoms with Crippen molar-refractivity contribution in [2.75, 3.05) is 25.0 Å². The van der Waals surface area contributed by atoms with E-state index in [4.69, 9.17) is 10.5 Å². The van der Waals surface area contributed by atoms with E-state index < -0.39 is 29.4 Å². The quantitative estimate of drug-likeness (QED) is 0.339. The molecule has 1 aliphatic heterocycles. The van der Waals surface area contributed by atoms with Crippen LogP contribution >= 0.6 is 0 Å². The third-order valence-electron chi connectivity index (χ3n) is 6.76. The molecule has 0 bridgehead atoms. The van der Waals surface area contributed by atoms with Crippen LogP contribution in [0.3, 0.4) is 0 Å². The monoisotopic (exact) mass is 546 g/mol. The van der Waals surface area contributed by atoms with Gasteiger partial charge in [0.25, 0.3) is 5.91 Å². The number of ether oxygens (including phenoxy) is 1. The Hall–Kier alpha value is -4.02. The predicted octanol–water partition coefficient (Wildman–Crippen LogP) is 2.78. The van der Waals surface area contributed by atoms with Gasteiger partial charge in [0.15, 0.2) is 5.82 Å². The minimum Gasteiger partial charge on any atom is -0.374 e. The highest BCUT2D eigenvalue weighted by Gasteiger charge is 2.31. The zero-order valence-electron chi connectivity index (χ0n) is 23.3. The summed E-state index contributed by atoms with van der Waals surface area (Å²) in [6, 6.07) is 15.7. The normalized spacial score (nSPS) is 14.9. The molecule has 0 aliphatic carbocycles. The Bertz CT molecular complexity index is 1310. The van der Waals surface area contributed by atoms with Crippen LogP contribution < -0.4 is 16.4 Å². The van der Waals surface area contributed by atoms with Crippen molar-refractivity contribution in [2.24, 2.45) is 5.73 Å². The van der Waals surface area contributed by atoms with Gasteiger partial charge in [0.1, 0.15) is 12.1 Å². The average Bonchev–Trinajstić information content (AvgIpc) is 3.61. The van der Waals surface area contributed by atoms with Gasteiger partial charge in [0, 0.05) is 19.3 Å². The molecule has 212 valence electrons. The van der Waals surface area contributed by atoms with Crippen LogP contribution in [0.15, 0.2) is 67.1 Å². The molecule has 0 spiro atoms. The molecular formula is C30H38N6O4. The number of anilines is 1. The van der Waals surface area contributed by atoms with Crippen LogP contribution in [0, 0.1) is 6.92 Å². The van der Waals surface area contributed by atoms with Crippen LogP contribution in [0.2, 0.25) is 0 Å². The van der Waals surface area contributed by atoms with Crippen LogP contribution in [0.5, 0.6) is 0 Å². The lowest BCUT2D eigenvalue weighted by molar-refractivity contribution is -0.132.